The van der Waals surface area contributed by atoms with Crippen LogP contribution in [0.25, 0.3) is 16.6 Å². The summed E-state index contributed by atoms with van der Waals surface area (Å²) in [6.45, 7) is 4.96. The molecule has 0 radical (unpaired) electrons. The van der Waals surface area contributed by atoms with Gasteiger partial charge in [0.15, 0.2) is 0 Å². The highest BCUT2D eigenvalue weighted by Crippen LogP contribution is 2.32. The highest BCUT2D eigenvalue weighted by Gasteiger charge is 2.35. The number of aromatic nitrogens is 2. The molecule has 1 atom stereocenters. The van der Waals surface area contributed by atoms with E-state index >= 15 is 0 Å². The van der Waals surface area contributed by atoms with Crippen molar-refractivity contribution in [3.05, 3.63) is 136 Å². The lowest BCUT2D eigenvalue weighted by molar-refractivity contribution is -0.140. The number of hydrogen-bond donors (Lipinski definition) is 1. The minimum Gasteiger partial charge on any atom is -0.494 e. The Balaban J connectivity index is 1.39. The lowest BCUT2D eigenvalue weighted by atomic mass is 10.0. The number of nitrogens with zero attached hydrogens (tertiary/aromatic N) is 4. The molecular weight excluding hydrogens is 758 g/mol. The first-order valence-corrected chi connectivity index (χ1v) is 19.1. The Morgan fingerprint density at radius 3 is 2.38 bits per heavy atom. The van der Waals surface area contributed by atoms with Gasteiger partial charge in [-0.3, -0.25) is 23.9 Å². The number of benzene rings is 4. The maximum Gasteiger partial charge on any atom is 0.419 e. The summed E-state index contributed by atoms with van der Waals surface area (Å²) in [6, 6.07) is 24.5. The van der Waals surface area contributed by atoms with Crippen molar-refractivity contribution >= 4 is 22.7 Å². The molecule has 11 nitrogen and oxygen atoms in total. The summed E-state index contributed by atoms with van der Waals surface area (Å²) in [5.41, 5.74) is -0.0986. The summed E-state index contributed by atoms with van der Waals surface area (Å²) in [4.78, 5) is 50.7. The van der Waals surface area contributed by atoms with Crippen LogP contribution in [-0.2, 0) is 38.3 Å². The van der Waals surface area contributed by atoms with Crippen molar-refractivity contribution in [2.24, 2.45) is 0 Å². The molecule has 1 saturated heterocycles. The average Bonchev–Trinajstić information content (AvgIpc) is 3.21. The summed E-state index contributed by atoms with van der Waals surface area (Å²) in [6.07, 6.45) is -5.29. The molecular formula is C43H45F4N5O6. The molecule has 1 aliphatic heterocycles. The molecule has 1 N–H and O–H groups in total. The number of morpholine rings is 1. The summed E-state index contributed by atoms with van der Waals surface area (Å²) in [5, 5.41) is 3.19. The van der Waals surface area contributed by atoms with Gasteiger partial charge in [0.2, 0.25) is 11.8 Å². The van der Waals surface area contributed by atoms with Crippen molar-refractivity contribution in [3.63, 3.8) is 0 Å². The molecule has 58 heavy (non-hydrogen) atoms. The zero-order chi connectivity index (χ0) is 41.1. The summed E-state index contributed by atoms with van der Waals surface area (Å²) >= 11 is 0. The smallest absolute Gasteiger partial charge is 0.419 e. The second kappa shape index (κ2) is 19.7. The molecule has 5 aromatic rings. The van der Waals surface area contributed by atoms with E-state index in [1.54, 1.807) is 48.5 Å². The zero-order valence-electron chi connectivity index (χ0n) is 32.1. The van der Waals surface area contributed by atoms with Crippen molar-refractivity contribution in [1.29, 1.82) is 0 Å². The number of amides is 2. The SMILES string of the molecule is CCOc1ccc(-n2c(C(CCNC(=O)COCc3ccccc3)N(CCN3CCOCC3)C(=O)Cc3ccc(C(F)(F)F)c(F)c3)nc3ccccc3c2=O)cc1. The minimum atomic E-state index is -4.91. The number of para-hydroxylation sites is 1. The van der Waals surface area contributed by atoms with E-state index < -0.39 is 47.4 Å². The van der Waals surface area contributed by atoms with E-state index in [0.717, 1.165) is 17.7 Å². The number of rotatable bonds is 17. The van der Waals surface area contributed by atoms with Crippen LogP contribution in [0.1, 0.15) is 41.9 Å². The highest BCUT2D eigenvalue weighted by atomic mass is 19.4. The number of nitrogens with one attached hydrogen (secondary N) is 1. The topological polar surface area (TPSA) is 115 Å². The molecule has 1 fully saturated rings. The quantitative estimate of drug-likeness (QED) is 0.112. The maximum atomic E-state index is 14.8. The Hall–Kier alpha value is -5.64. The van der Waals surface area contributed by atoms with Crippen LogP contribution in [-0.4, -0.2) is 90.3 Å². The number of halogens is 4. The van der Waals surface area contributed by atoms with Crippen LogP contribution in [0, 0.1) is 5.82 Å². The third-order valence-corrected chi connectivity index (χ3v) is 9.74. The van der Waals surface area contributed by atoms with E-state index in [0.29, 0.717) is 67.9 Å². The van der Waals surface area contributed by atoms with Crippen LogP contribution in [0.3, 0.4) is 0 Å². The predicted octanol–water partition coefficient (Wildman–Crippen LogP) is 6.11. The Morgan fingerprint density at radius 1 is 0.948 bits per heavy atom. The van der Waals surface area contributed by atoms with Crippen LogP contribution in [0.4, 0.5) is 17.6 Å². The second-order valence-corrected chi connectivity index (χ2v) is 13.7. The first-order chi connectivity index (χ1) is 28.0. The van der Waals surface area contributed by atoms with Gasteiger partial charge in [-0.2, -0.15) is 13.2 Å². The Morgan fingerprint density at radius 2 is 1.67 bits per heavy atom. The van der Waals surface area contributed by atoms with Gasteiger partial charge in [-0.25, -0.2) is 9.37 Å². The van der Waals surface area contributed by atoms with E-state index in [-0.39, 0.29) is 44.1 Å². The first kappa shape index (κ1) is 42.0. The second-order valence-electron chi connectivity index (χ2n) is 13.7. The highest BCUT2D eigenvalue weighted by molar-refractivity contribution is 5.80. The van der Waals surface area contributed by atoms with Crippen molar-refractivity contribution in [1.82, 2.24) is 24.7 Å². The van der Waals surface area contributed by atoms with Crippen LogP contribution in [0.5, 0.6) is 5.75 Å². The van der Waals surface area contributed by atoms with Crippen LogP contribution in [0.15, 0.2) is 102 Å². The molecule has 306 valence electrons. The van der Waals surface area contributed by atoms with Gasteiger partial charge >= 0.3 is 6.18 Å². The zero-order valence-corrected chi connectivity index (χ0v) is 32.1. The van der Waals surface area contributed by atoms with E-state index in [2.05, 4.69) is 10.2 Å². The molecule has 2 amide bonds. The standard InChI is InChI=1S/C43H45F4N5O6/c1-2-58-33-15-13-32(14-16-33)52-41(49-37-11-7-6-10-34(37)42(52)55)38(18-19-48-39(53)29-57-28-30-8-4-3-5-9-30)51(21-20-50-22-24-56-25-23-50)40(54)27-31-12-17-35(36(44)26-31)43(45,46)47/h3-17,26,38H,2,18-25,27-29H2,1H3,(H,48,53). The third kappa shape index (κ3) is 10.8. The average molecular weight is 804 g/mol. The maximum absolute atomic E-state index is 14.8. The molecule has 1 aliphatic rings. The van der Waals surface area contributed by atoms with E-state index in [1.807, 2.05) is 37.3 Å². The largest absolute Gasteiger partial charge is 0.494 e. The molecule has 1 aromatic heterocycles. The molecule has 0 bridgehead atoms. The molecule has 6 rings (SSSR count). The van der Waals surface area contributed by atoms with Gasteiger partial charge in [0.1, 0.15) is 24.0 Å². The number of alkyl halides is 3. The molecule has 15 heteroatoms. The van der Waals surface area contributed by atoms with Gasteiger partial charge in [0.25, 0.3) is 5.56 Å². The number of hydrogen-bond acceptors (Lipinski definition) is 8. The first-order valence-electron chi connectivity index (χ1n) is 19.1. The Kier molecular flexibility index (Phi) is 14.2. The van der Waals surface area contributed by atoms with Gasteiger partial charge in [0.05, 0.1) is 61.0 Å². The van der Waals surface area contributed by atoms with E-state index in [4.69, 9.17) is 19.2 Å². The van der Waals surface area contributed by atoms with Gasteiger partial charge in [-0.05, 0) is 73.0 Å². The fourth-order valence-corrected chi connectivity index (χ4v) is 6.84. The van der Waals surface area contributed by atoms with Crippen molar-refractivity contribution < 1.29 is 41.4 Å². The lowest BCUT2D eigenvalue weighted by Crippen LogP contribution is -2.46. The normalized spacial score (nSPS) is 13.9. The number of carbonyl (C=O) groups excluding carboxylic acids is 2. The summed E-state index contributed by atoms with van der Waals surface area (Å²) in [7, 11) is 0. The number of fused-ring (bicyclic) bond motifs is 1. The van der Waals surface area contributed by atoms with E-state index in [9.17, 15) is 31.9 Å². The third-order valence-electron chi connectivity index (χ3n) is 9.74. The molecule has 2 heterocycles. The predicted molar refractivity (Wildman–Crippen MR) is 209 cm³/mol. The van der Waals surface area contributed by atoms with Gasteiger partial charge in [-0.1, -0.05) is 48.5 Å². The number of carbonyl (C=O) groups is 2. The summed E-state index contributed by atoms with van der Waals surface area (Å²) in [5.74, 6) is -1.68. The number of ether oxygens (including phenoxy) is 3. The molecule has 1 unspecified atom stereocenters. The molecule has 0 aliphatic carbocycles. The molecule has 0 spiro atoms. The fraction of sp³-hybridized carbons (Fsp3) is 0.349. The molecule has 4 aromatic carbocycles. The summed E-state index contributed by atoms with van der Waals surface area (Å²) < 4.78 is 73.3. The van der Waals surface area contributed by atoms with Gasteiger partial charge in [0, 0.05) is 32.7 Å². The van der Waals surface area contributed by atoms with Crippen molar-refractivity contribution in [2.45, 2.75) is 38.6 Å². The van der Waals surface area contributed by atoms with Crippen LogP contribution < -0.4 is 15.6 Å². The van der Waals surface area contributed by atoms with Crippen LogP contribution in [0.2, 0.25) is 0 Å². The van der Waals surface area contributed by atoms with Gasteiger partial charge in [-0.15, -0.1) is 0 Å². The van der Waals surface area contributed by atoms with E-state index in [1.165, 1.54) is 9.47 Å². The Bertz CT molecular complexity index is 2210. The van der Waals surface area contributed by atoms with Crippen molar-refractivity contribution in [3.8, 4) is 11.4 Å². The lowest BCUT2D eigenvalue weighted by Gasteiger charge is -2.36. The fourth-order valence-electron chi connectivity index (χ4n) is 6.84. The van der Waals surface area contributed by atoms with Crippen LogP contribution >= 0.6 is 0 Å². The minimum absolute atomic E-state index is 0.0282. The van der Waals surface area contributed by atoms with Crippen molar-refractivity contribution in [2.75, 3.05) is 59.2 Å². The Labute approximate surface area is 333 Å². The molecule has 0 saturated carbocycles. The monoisotopic (exact) mass is 803 g/mol. The van der Waals surface area contributed by atoms with Gasteiger partial charge < -0.3 is 24.4 Å².